The zero-order valence-corrected chi connectivity index (χ0v) is 15.5. The molecule has 2 heterocycles. The number of hydrogen-bond donors (Lipinski definition) is 0. The van der Waals surface area contributed by atoms with E-state index in [2.05, 4.69) is 0 Å². The Bertz CT molecular complexity index is 925. The van der Waals surface area contributed by atoms with Crippen molar-refractivity contribution in [3.63, 3.8) is 0 Å². The van der Waals surface area contributed by atoms with E-state index in [-0.39, 0.29) is 24.5 Å². The van der Waals surface area contributed by atoms with E-state index in [4.69, 9.17) is 14.2 Å². The molecule has 7 heteroatoms. The topological polar surface area (TPSA) is 65.1 Å². The van der Waals surface area contributed by atoms with Crippen LogP contribution in [0.25, 0.3) is 6.08 Å². The third-order valence-corrected chi connectivity index (χ3v) is 5.06. The summed E-state index contributed by atoms with van der Waals surface area (Å²) in [5.41, 5.74) is 1.57. The van der Waals surface area contributed by atoms with Crippen LogP contribution in [0.4, 0.5) is 4.79 Å². The highest BCUT2D eigenvalue weighted by Gasteiger charge is 2.35. The maximum absolute atomic E-state index is 12.7. The molecule has 6 nitrogen and oxygen atoms in total. The van der Waals surface area contributed by atoms with Crippen LogP contribution in [0.1, 0.15) is 18.1 Å². The van der Waals surface area contributed by atoms with E-state index in [0.29, 0.717) is 34.3 Å². The van der Waals surface area contributed by atoms with Crippen LogP contribution in [0.2, 0.25) is 0 Å². The second kappa shape index (κ2) is 7.36. The van der Waals surface area contributed by atoms with Gasteiger partial charge in [-0.15, -0.1) is 0 Å². The van der Waals surface area contributed by atoms with Crippen molar-refractivity contribution in [2.45, 2.75) is 13.5 Å². The van der Waals surface area contributed by atoms with Gasteiger partial charge in [-0.3, -0.25) is 14.5 Å². The maximum atomic E-state index is 12.7. The zero-order chi connectivity index (χ0) is 18.8. The van der Waals surface area contributed by atoms with Gasteiger partial charge in [-0.05, 0) is 36.4 Å². The Labute approximate surface area is 160 Å². The minimum absolute atomic E-state index is 0.151. The molecule has 0 unspecified atom stereocenters. The highest BCUT2D eigenvalue weighted by atomic mass is 32.2. The van der Waals surface area contributed by atoms with Crippen molar-refractivity contribution in [2.24, 2.45) is 0 Å². The normalized spacial score (nSPS) is 17.1. The van der Waals surface area contributed by atoms with Crippen LogP contribution in [0.5, 0.6) is 17.2 Å². The number of imide groups is 1. The SMILES string of the molecule is CCOc1cc2c(cc1/C=C1\SC(=O)N(Cc3ccccc3)C1=O)OCO2. The van der Waals surface area contributed by atoms with Gasteiger partial charge in [0.05, 0.1) is 18.1 Å². The predicted octanol–water partition coefficient (Wildman–Crippen LogP) is 4.05. The van der Waals surface area contributed by atoms with E-state index in [9.17, 15) is 9.59 Å². The second-order valence-electron chi connectivity index (χ2n) is 5.93. The molecule has 2 aliphatic heterocycles. The standard InChI is InChI=1S/C20H17NO5S/c1-2-24-15-10-17-16(25-12-26-17)8-14(15)9-18-19(22)21(20(23)27-18)11-13-6-4-3-5-7-13/h3-10H,2,11-12H2,1H3/b18-9-. The molecule has 0 spiro atoms. The van der Waals surface area contributed by atoms with Gasteiger partial charge in [0, 0.05) is 11.6 Å². The Kier molecular flexibility index (Phi) is 4.77. The van der Waals surface area contributed by atoms with Gasteiger partial charge in [-0.1, -0.05) is 30.3 Å². The molecule has 1 saturated heterocycles. The molecular weight excluding hydrogens is 366 g/mol. The summed E-state index contributed by atoms with van der Waals surface area (Å²) >= 11 is 0.927. The van der Waals surface area contributed by atoms with Crippen LogP contribution in [-0.2, 0) is 11.3 Å². The van der Waals surface area contributed by atoms with Crippen molar-refractivity contribution >= 4 is 29.0 Å². The average Bonchev–Trinajstić information content (AvgIpc) is 3.22. The fourth-order valence-electron chi connectivity index (χ4n) is 2.88. The lowest BCUT2D eigenvalue weighted by Gasteiger charge is -2.12. The first-order chi connectivity index (χ1) is 13.2. The molecule has 0 atom stereocenters. The number of carbonyl (C=O) groups is 2. The largest absolute Gasteiger partial charge is 0.493 e. The number of ether oxygens (including phenoxy) is 3. The van der Waals surface area contributed by atoms with Gasteiger partial charge in [0.25, 0.3) is 11.1 Å². The molecule has 0 saturated carbocycles. The molecule has 1 fully saturated rings. The highest BCUT2D eigenvalue weighted by molar-refractivity contribution is 8.18. The Morgan fingerprint density at radius 1 is 1.15 bits per heavy atom. The summed E-state index contributed by atoms with van der Waals surface area (Å²) in [4.78, 5) is 26.7. The van der Waals surface area contributed by atoms with Crippen LogP contribution in [0.3, 0.4) is 0 Å². The highest BCUT2D eigenvalue weighted by Crippen LogP contribution is 2.41. The van der Waals surface area contributed by atoms with Crippen LogP contribution < -0.4 is 14.2 Å². The Balaban J connectivity index is 1.63. The Hall–Kier alpha value is -2.93. The van der Waals surface area contributed by atoms with Gasteiger partial charge < -0.3 is 14.2 Å². The molecule has 2 aromatic carbocycles. The summed E-state index contributed by atoms with van der Waals surface area (Å²) in [6.07, 6.45) is 1.67. The van der Waals surface area contributed by atoms with E-state index in [1.165, 1.54) is 4.90 Å². The number of nitrogens with zero attached hydrogens (tertiary/aromatic N) is 1. The van der Waals surface area contributed by atoms with Gasteiger partial charge >= 0.3 is 0 Å². The number of amides is 2. The number of rotatable bonds is 5. The minimum atomic E-state index is -0.311. The third kappa shape index (κ3) is 3.50. The summed E-state index contributed by atoms with van der Waals surface area (Å²) < 4.78 is 16.4. The lowest BCUT2D eigenvalue weighted by molar-refractivity contribution is -0.123. The number of benzene rings is 2. The van der Waals surface area contributed by atoms with Gasteiger partial charge in [-0.2, -0.15) is 0 Å². The van der Waals surface area contributed by atoms with Crippen molar-refractivity contribution in [1.82, 2.24) is 4.90 Å². The van der Waals surface area contributed by atoms with E-state index in [1.54, 1.807) is 18.2 Å². The molecule has 0 aromatic heterocycles. The van der Waals surface area contributed by atoms with Crippen LogP contribution >= 0.6 is 11.8 Å². The smallest absolute Gasteiger partial charge is 0.293 e. The van der Waals surface area contributed by atoms with Crippen LogP contribution in [0, 0.1) is 0 Å². The fraction of sp³-hybridized carbons (Fsp3) is 0.200. The van der Waals surface area contributed by atoms with Crippen molar-refractivity contribution in [3.05, 3.63) is 58.5 Å². The van der Waals surface area contributed by atoms with Gasteiger partial charge in [0.2, 0.25) is 6.79 Å². The van der Waals surface area contributed by atoms with Crippen LogP contribution in [0.15, 0.2) is 47.4 Å². The Morgan fingerprint density at radius 2 is 1.89 bits per heavy atom. The molecule has 27 heavy (non-hydrogen) atoms. The molecule has 4 rings (SSSR count). The second-order valence-corrected chi connectivity index (χ2v) is 6.92. The average molecular weight is 383 g/mol. The molecule has 0 radical (unpaired) electrons. The summed E-state index contributed by atoms with van der Waals surface area (Å²) in [5, 5.41) is -0.284. The molecule has 2 aromatic rings. The summed E-state index contributed by atoms with van der Waals surface area (Å²) in [7, 11) is 0. The molecule has 0 N–H and O–H groups in total. The van der Waals surface area contributed by atoms with Crippen LogP contribution in [-0.4, -0.2) is 29.4 Å². The van der Waals surface area contributed by atoms with Crippen molar-refractivity contribution in [1.29, 1.82) is 0 Å². The lowest BCUT2D eigenvalue weighted by atomic mass is 10.1. The minimum Gasteiger partial charge on any atom is -0.493 e. The first-order valence-electron chi connectivity index (χ1n) is 8.51. The first-order valence-corrected chi connectivity index (χ1v) is 9.33. The fourth-order valence-corrected chi connectivity index (χ4v) is 3.71. The molecule has 0 aliphatic carbocycles. The van der Waals surface area contributed by atoms with E-state index < -0.39 is 0 Å². The van der Waals surface area contributed by atoms with Crippen molar-refractivity contribution < 1.29 is 23.8 Å². The molecule has 138 valence electrons. The molecule has 2 amide bonds. The van der Waals surface area contributed by atoms with E-state index in [1.807, 2.05) is 37.3 Å². The monoisotopic (exact) mass is 383 g/mol. The third-order valence-electron chi connectivity index (χ3n) is 4.15. The Morgan fingerprint density at radius 3 is 2.63 bits per heavy atom. The summed E-state index contributed by atoms with van der Waals surface area (Å²) in [6, 6.07) is 12.9. The lowest BCUT2D eigenvalue weighted by Crippen LogP contribution is -2.27. The van der Waals surface area contributed by atoms with Gasteiger partial charge in [0.1, 0.15) is 5.75 Å². The van der Waals surface area contributed by atoms with E-state index >= 15 is 0 Å². The molecular formula is C20H17NO5S. The number of carbonyl (C=O) groups excluding carboxylic acids is 2. The summed E-state index contributed by atoms with van der Waals surface area (Å²) in [6.45, 7) is 2.75. The maximum Gasteiger partial charge on any atom is 0.293 e. The number of fused-ring (bicyclic) bond motifs is 1. The number of thioether (sulfide) groups is 1. The zero-order valence-electron chi connectivity index (χ0n) is 14.6. The number of hydrogen-bond acceptors (Lipinski definition) is 6. The van der Waals surface area contributed by atoms with Crippen molar-refractivity contribution in [2.75, 3.05) is 13.4 Å². The van der Waals surface area contributed by atoms with Gasteiger partial charge in [-0.25, -0.2) is 0 Å². The quantitative estimate of drug-likeness (QED) is 0.726. The van der Waals surface area contributed by atoms with Crippen molar-refractivity contribution in [3.8, 4) is 17.2 Å². The first kappa shape index (κ1) is 17.5. The molecule has 2 aliphatic rings. The predicted molar refractivity (Wildman–Crippen MR) is 102 cm³/mol. The summed E-state index contributed by atoms with van der Waals surface area (Å²) in [5.74, 6) is 1.46. The molecule has 0 bridgehead atoms. The van der Waals surface area contributed by atoms with E-state index in [0.717, 1.165) is 17.3 Å². The van der Waals surface area contributed by atoms with Gasteiger partial charge in [0.15, 0.2) is 11.5 Å².